The minimum Gasteiger partial charge on any atom is -0.468 e. The van der Waals surface area contributed by atoms with Crippen molar-refractivity contribution in [1.82, 2.24) is 10.2 Å². The lowest BCUT2D eigenvalue weighted by Crippen LogP contribution is -2.45. The van der Waals surface area contributed by atoms with E-state index in [0.29, 0.717) is 29.5 Å². The largest absolute Gasteiger partial charge is 0.468 e. The van der Waals surface area contributed by atoms with Crippen LogP contribution in [0.1, 0.15) is 17.4 Å². The Labute approximate surface area is 162 Å². The molecule has 2 heterocycles. The van der Waals surface area contributed by atoms with Crippen LogP contribution in [0.15, 0.2) is 41.0 Å². The second kappa shape index (κ2) is 9.03. The molecule has 144 valence electrons. The molecule has 1 fully saturated rings. The normalized spacial score (nSPS) is 15.9. The predicted octanol–water partition coefficient (Wildman–Crippen LogP) is 2.37. The lowest BCUT2D eigenvalue weighted by molar-refractivity contribution is -0.136. The van der Waals surface area contributed by atoms with Crippen molar-refractivity contribution in [2.75, 3.05) is 38.2 Å². The molecule has 1 unspecified atom stereocenters. The zero-order chi connectivity index (χ0) is 19.2. The van der Waals surface area contributed by atoms with Gasteiger partial charge in [0.2, 0.25) is 0 Å². The number of hydrogen-bond donors (Lipinski definition) is 2. The van der Waals surface area contributed by atoms with Crippen LogP contribution in [-0.2, 0) is 14.3 Å². The Balaban J connectivity index is 1.61. The fourth-order valence-corrected chi connectivity index (χ4v) is 3.15. The van der Waals surface area contributed by atoms with Crippen LogP contribution in [0.25, 0.3) is 0 Å². The molecule has 2 amide bonds. The summed E-state index contributed by atoms with van der Waals surface area (Å²) in [6.45, 7) is 4.75. The van der Waals surface area contributed by atoms with Gasteiger partial charge in [-0.25, -0.2) is 0 Å². The van der Waals surface area contributed by atoms with Crippen LogP contribution in [0, 0.1) is 6.92 Å². The van der Waals surface area contributed by atoms with Gasteiger partial charge in [0, 0.05) is 30.3 Å². The fraction of sp³-hybridized carbons (Fsp3) is 0.368. The van der Waals surface area contributed by atoms with Gasteiger partial charge < -0.3 is 19.8 Å². The first kappa shape index (κ1) is 19.4. The first-order chi connectivity index (χ1) is 13.1. The molecular weight excluding hydrogens is 370 g/mol. The van der Waals surface area contributed by atoms with Gasteiger partial charge in [-0.05, 0) is 36.8 Å². The van der Waals surface area contributed by atoms with E-state index in [1.807, 2.05) is 6.07 Å². The summed E-state index contributed by atoms with van der Waals surface area (Å²) in [7, 11) is 0. The van der Waals surface area contributed by atoms with Gasteiger partial charge in [-0.15, -0.1) is 0 Å². The van der Waals surface area contributed by atoms with E-state index in [4.69, 9.17) is 20.8 Å². The second-order valence-corrected chi connectivity index (χ2v) is 6.66. The average Bonchev–Trinajstić information content (AvgIpc) is 3.20. The standard InChI is InChI=1S/C19H22ClN3O4/c1-13-14(20)4-2-5-15(13)22-19(25)18(24)21-12-16(17-6-3-9-27-17)23-7-10-26-11-8-23/h2-6,9,16H,7-8,10-12H2,1H3,(H,21,24)(H,22,25). The number of carbonyl (C=O) groups is 2. The fourth-order valence-electron chi connectivity index (χ4n) is 2.97. The molecule has 1 aliphatic heterocycles. The van der Waals surface area contributed by atoms with Crippen LogP contribution >= 0.6 is 11.6 Å². The van der Waals surface area contributed by atoms with Crippen molar-refractivity contribution in [3.8, 4) is 0 Å². The molecule has 0 spiro atoms. The quantitative estimate of drug-likeness (QED) is 0.764. The van der Waals surface area contributed by atoms with Crippen molar-refractivity contribution in [2.24, 2.45) is 0 Å². The highest BCUT2D eigenvalue weighted by Gasteiger charge is 2.26. The number of anilines is 1. The van der Waals surface area contributed by atoms with Gasteiger partial charge in [0.05, 0.1) is 25.5 Å². The van der Waals surface area contributed by atoms with Gasteiger partial charge in [0.25, 0.3) is 0 Å². The van der Waals surface area contributed by atoms with Gasteiger partial charge in [0.1, 0.15) is 5.76 Å². The number of benzene rings is 1. The molecule has 1 aromatic carbocycles. The number of rotatable bonds is 5. The van der Waals surface area contributed by atoms with Crippen molar-refractivity contribution >= 4 is 29.1 Å². The molecule has 1 atom stereocenters. The molecule has 2 N–H and O–H groups in total. The summed E-state index contributed by atoms with van der Waals surface area (Å²) >= 11 is 6.04. The molecule has 8 heteroatoms. The van der Waals surface area contributed by atoms with Crippen molar-refractivity contribution < 1.29 is 18.7 Å². The van der Waals surface area contributed by atoms with Gasteiger partial charge in [-0.2, -0.15) is 0 Å². The van der Waals surface area contributed by atoms with Gasteiger partial charge in [-0.1, -0.05) is 17.7 Å². The average molecular weight is 392 g/mol. The van der Waals surface area contributed by atoms with Crippen molar-refractivity contribution in [3.63, 3.8) is 0 Å². The van der Waals surface area contributed by atoms with Crippen LogP contribution in [0.5, 0.6) is 0 Å². The summed E-state index contributed by atoms with van der Waals surface area (Å²) in [5.41, 5.74) is 1.22. The van der Waals surface area contributed by atoms with E-state index in [0.717, 1.165) is 18.8 Å². The highest BCUT2D eigenvalue weighted by atomic mass is 35.5. The highest BCUT2D eigenvalue weighted by Crippen LogP contribution is 2.23. The third kappa shape index (κ3) is 4.88. The zero-order valence-corrected chi connectivity index (χ0v) is 15.8. The molecule has 3 rings (SSSR count). The minimum absolute atomic E-state index is 0.159. The molecule has 0 radical (unpaired) electrons. The van der Waals surface area contributed by atoms with E-state index < -0.39 is 11.8 Å². The van der Waals surface area contributed by atoms with E-state index in [1.165, 1.54) is 0 Å². The summed E-state index contributed by atoms with van der Waals surface area (Å²) < 4.78 is 10.9. The molecular formula is C19H22ClN3O4. The third-order valence-corrected chi connectivity index (χ3v) is 4.95. The number of nitrogens with zero attached hydrogens (tertiary/aromatic N) is 1. The Morgan fingerprint density at radius 1 is 1.19 bits per heavy atom. The van der Waals surface area contributed by atoms with Crippen LogP contribution < -0.4 is 10.6 Å². The molecule has 0 aliphatic carbocycles. The Morgan fingerprint density at radius 3 is 2.67 bits per heavy atom. The maximum atomic E-state index is 12.3. The minimum atomic E-state index is -0.736. The summed E-state index contributed by atoms with van der Waals surface area (Å²) in [6, 6.07) is 8.65. The SMILES string of the molecule is Cc1c(Cl)cccc1NC(=O)C(=O)NCC(c1ccco1)N1CCOCC1. The molecule has 27 heavy (non-hydrogen) atoms. The Bertz CT molecular complexity index is 788. The molecule has 0 bridgehead atoms. The molecule has 7 nitrogen and oxygen atoms in total. The maximum Gasteiger partial charge on any atom is 0.313 e. The predicted molar refractivity (Wildman–Crippen MR) is 102 cm³/mol. The van der Waals surface area contributed by atoms with E-state index in [9.17, 15) is 9.59 Å². The molecule has 1 aliphatic rings. The number of furan rings is 1. The Kier molecular flexibility index (Phi) is 6.49. The molecule has 2 aromatic rings. The first-order valence-electron chi connectivity index (χ1n) is 8.75. The smallest absolute Gasteiger partial charge is 0.313 e. The number of hydrogen-bond acceptors (Lipinski definition) is 5. The monoisotopic (exact) mass is 391 g/mol. The number of nitrogens with one attached hydrogen (secondary N) is 2. The number of morpholine rings is 1. The summed E-state index contributed by atoms with van der Waals surface area (Å²) in [6.07, 6.45) is 1.60. The van der Waals surface area contributed by atoms with Gasteiger partial charge >= 0.3 is 11.8 Å². The first-order valence-corrected chi connectivity index (χ1v) is 9.13. The summed E-state index contributed by atoms with van der Waals surface area (Å²) in [5, 5.41) is 5.82. The third-order valence-electron chi connectivity index (χ3n) is 4.54. The van der Waals surface area contributed by atoms with E-state index in [-0.39, 0.29) is 12.6 Å². The zero-order valence-electron chi connectivity index (χ0n) is 15.0. The molecule has 0 saturated carbocycles. The van der Waals surface area contributed by atoms with Crippen LogP contribution in [-0.4, -0.2) is 49.6 Å². The maximum absolute atomic E-state index is 12.3. The van der Waals surface area contributed by atoms with Gasteiger partial charge in [0.15, 0.2) is 0 Å². The number of halogens is 1. The van der Waals surface area contributed by atoms with Crippen LogP contribution in [0.3, 0.4) is 0 Å². The van der Waals surface area contributed by atoms with E-state index in [1.54, 1.807) is 37.5 Å². The Hall–Kier alpha value is -2.35. The number of amides is 2. The second-order valence-electron chi connectivity index (χ2n) is 6.26. The van der Waals surface area contributed by atoms with Gasteiger partial charge in [-0.3, -0.25) is 14.5 Å². The highest BCUT2D eigenvalue weighted by molar-refractivity contribution is 6.40. The lowest BCUT2D eigenvalue weighted by Gasteiger charge is -2.33. The van der Waals surface area contributed by atoms with Crippen molar-refractivity contribution in [1.29, 1.82) is 0 Å². The lowest BCUT2D eigenvalue weighted by atomic mass is 10.1. The number of ether oxygens (including phenoxy) is 1. The van der Waals surface area contributed by atoms with Crippen LogP contribution in [0.4, 0.5) is 5.69 Å². The van der Waals surface area contributed by atoms with Crippen LogP contribution in [0.2, 0.25) is 5.02 Å². The van der Waals surface area contributed by atoms with Crippen molar-refractivity contribution in [3.05, 3.63) is 52.9 Å². The molecule has 1 aromatic heterocycles. The summed E-state index contributed by atoms with van der Waals surface area (Å²) in [4.78, 5) is 26.7. The summed E-state index contributed by atoms with van der Waals surface area (Å²) in [5.74, 6) is -0.706. The van der Waals surface area contributed by atoms with E-state index in [2.05, 4.69) is 15.5 Å². The van der Waals surface area contributed by atoms with Crippen molar-refractivity contribution in [2.45, 2.75) is 13.0 Å². The number of carbonyl (C=O) groups excluding carboxylic acids is 2. The topological polar surface area (TPSA) is 83.8 Å². The molecule has 1 saturated heterocycles. The van der Waals surface area contributed by atoms with E-state index >= 15 is 0 Å². The Morgan fingerprint density at radius 2 is 1.96 bits per heavy atom.